The van der Waals surface area contributed by atoms with Crippen LogP contribution in [0.15, 0.2) is 33.0 Å². The van der Waals surface area contributed by atoms with Crippen molar-refractivity contribution in [3.63, 3.8) is 0 Å². The highest BCUT2D eigenvalue weighted by Crippen LogP contribution is 2.31. The first-order valence-electron chi connectivity index (χ1n) is 5.23. The summed E-state index contributed by atoms with van der Waals surface area (Å²) in [5.74, 6) is -0.515. The Kier molecular flexibility index (Phi) is 3.61. The molecule has 100 valence electrons. The summed E-state index contributed by atoms with van der Waals surface area (Å²) in [5.41, 5.74) is -0.233. The van der Waals surface area contributed by atoms with Gasteiger partial charge in [-0.05, 0) is 30.0 Å². The summed E-state index contributed by atoms with van der Waals surface area (Å²) >= 11 is 1.08. The average molecular weight is 281 g/mol. The van der Waals surface area contributed by atoms with E-state index in [2.05, 4.69) is 10.2 Å². The third-order valence-electron chi connectivity index (χ3n) is 2.46. The second-order valence-electron chi connectivity index (χ2n) is 3.64. The predicted molar refractivity (Wildman–Crippen MR) is 67.9 cm³/mol. The lowest BCUT2D eigenvalue weighted by atomic mass is 10.2. The van der Waals surface area contributed by atoms with Gasteiger partial charge >= 0.3 is 11.7 Å². The van der Waals surface area contributed by atoms with Gasteiger partial charge in [0.1, 0.15) is 5.75 Å². The molecule has 0 aliphatic rings. The minimum absolute atomic E-state index is 0.126. The SMILES string of the molecule is COc1ccc(C(=O)O)c(Sc2n[nH]c(=O)n2C)c1. The fraction of sp³-hybridized carbons (Fsp3) is 0.182. The fourth-order valence-corrected chi connectivity index (χ4v) is 2.36. The second-order valence-corrected chi connectivity index (χ2v) is 4.65. The number of aromatic nitrogens is 3. The van der Waals surface area contributed by atoms with Gasteiger partial charge in [0.05, 0.1) is 12.7 Å². The zero-order chi connectivity index (χ0) is 14.0. The standard InChI is InChI=1S/C11H11N3O4S/c1-14-10(17)12-13-11(14)19-8-5-6(18-2)3-4-7(8)9(15)16/h3-5H,1-2H3,(H,12,17)(H,15,16). The number of benzene rings is 1. The van der Waals surface area contributed by atoms with Crippen LogP contribution in [0.3, 0.4) is 0 Å². The Hall–Kier alpha value is -2.22. The number of carboxylic acids is 1. The van der Waals surface area contributed by atoms with E-state index in [-0.39, 0.29) is 11.3 Å². The van der Waals surface area contributed by atoms with E-state index in [0.29, 0.717) is 15.8 Å². The summed E-state index contributed by atoms with van der Waals surface area (Å²) in [6.07, 6.45) is 0. The average Bonchev–Trinajstić information content (AvgIpc) is 2.70. The van der Waals surface area contributed by atoms with Crippen LogP contribution in [0.1, 0.15) is 10.4 Å². The van der Waals surface area contributed by atoms with Crippen LogP contribution in [-0.2, 0) is 7.05 Å². The zero-order valence-corrected chi connectivity index (χ0v) is 11.0. The Balaban J connectivity index is 2.45. The van der Waals surface area contributed by atoms with Crippen molar-refractivity contribution in [3.8, 4) is 5.75 Å². The Bertz CT molecular complexity index is 677. The maximum absolute atomic E-state index is 11.3. The summed E-state index contributed by atoms with van der Waals surface area (Å²) in [4.78, 5) is 22.9. The molecular formula is C11H11N3O4S. The van der Waals surface area contributed by atoms with E-state index in [1.54, 1.807) is 19.2 Å². The smallest absolute Gasteiger partial charge is 0.343 e. The van der Waals surface area contributed by atoms with Crippen molar-refractivity contribution in [3.05, 3.63) is 34.2 Å². The van der Waals surface area contributed by atoms with Crippen molar-refractivity contribution in [1.29, 1.82) is 0 Å². The van der Waals surface area contributed by atoms with E-state index >= 15 is 0 Å². The van der Waals surface area contributed by atoms with Crippen molar-refractivity contribution in [2.24, 2.45) is 7.05 Å². The number of hydrogen-bond donors (Lipinski definition) is 2. The molecule has 1 aromatic carbocycles. The molecular weight excluding hydrogens is 270 g/mol. The lowest BCUT2D eigenvalue weighted by Gasteiger charge is -2.07. The van der Waals surface area contributed by atoms with Crippen LogP contribution in [0.4, 0.5) is 0 Å². The maximum atomic E-state index is 11.3. The van der Waals surface area contributed by atoms with Gasteiger partial charge in [-0.3, -0.25) is 4.57 Å². The first kappa shape index (κ1) is 13.2. The van der Waals surface area contributed by atoms with Gasteiger partial charge in [0, 0.05) is 11.9 Å². The number of rotatable bonds is 4. The molecule has 0 aliphatic heterocycles. The molecule has 0 unspecified atom stereocenters. The highest BCUT2D eigenvalue weighted by molar-refractivity contribution is 7.99. The third kappa shape index (κ3) is 2.63. The molecule has 0 fully saturated rings. The Morgan fingerprint density at radius 3 is 2.79 bits per heavy atom. The number of methoxy groups -OCH3 is 1. The second kappa shape index (κ2) is 5.19. The van der Waals surface area contributed by atoms with Crippen molar-refractivity contribution in [2.45, 2.75) is 10.1 Å². The minimum Gasteiger partial charge on any atom is -0.497 e. The molecule has 2 N–H and O–H groups in total. The van der Waals surface area contributed by atoms with E-state index in [1.807, 2.05) is 0 Å². The summed E-state index contributed by atoms with van der Waals surface area (Å²) in [6.45, 7) is 0. The van der Waals surface area contributed by atoms with Crippen molar-refractivity contribution < 1.29 is 14.6 Å². The number of ether oxygens (including phenoxy) is 1. The summed E-state index contributed by atoms with van der Waals surface area (Å²) in [7, 11) is 3.04. The van der Waals surface area contributed by atoms with Gasteiger partial charge in [-0.2, -0.15) is 0 Å². The topological polar surface area (TPSA) is 97.2 Å². The number of aromatic amines is 1. The van der Waals surface area contributed by atoms with E-state index < -0.39 is 5.97 Å². The Morgan fingerprint density at radius 2 is 2.26 bits per heavy atom. The Morgan fingerprint density at radius 1 is 1.53 bits per heavy atom. The van der Waals surface area contributed by atoms with Crippen molar-refractivity contribution >= 4 is 17.7 Å². The molecule has 0 amide bonds. The Labute approximate surface area is 112 Å². The normalized spacial score (nSPS) is 10.4. The lowest BCUT2D eigenvalue weighted by Crippen LogP contribution is -2.12. The molecule has 0 aliphatic carbocycles. The molecule has 0 spiro atoms. The number of nitrogens with one attached hydrogen (secondary N) is 1. The zero-order valence-electron chi connectivity index (χ0n) is 10.2. The predicted octanol–water partition coefficient (Wildman–Crippen LogP) is 0.966. The molecule has 0 saturated heterocycles. The molecule has 0 saturated carbocycles. The van der Waals surface area contributed by atoms with Crippen LogP contribution in [0.2, 0.25) is 0 Å². The molecule has 1 heterocycles. The summed E-state index contributed by atoms with van der Waals surface area (Å²) < 4.78 is 6.36. The number of hydrogen-bond acceptors (Lipinski definition) is 5. The van der Waals surface area contributed by atoms with E-state index in [9.17, 15) is 9.59 Å². The minimum atomic E-state index is -1.05. The molecule has 0 atom stereocenters. The molecule has 19 heavy (non-hydrogen) atoms. The molecule has 2 rings (SSSR count). The van der Waals surface area contributed by atoms with Crippen LogP contribution < -0.4 is 10.4 Å². The highest BCUT2D eigenvalue weighted by atomic mass is 32.2. The van der Waals surface area contributed by atoms with Crippen LogP contribution in [0.5, 0.6) is 5.75 Å². The monoisotopic (exact) mass is 281 g/mol. The van der Waals surface area contributed by atoms with E-state index in [1.165, 1.54) is 17.7 Å². The summed E-state index contributed by atoms with van der Waals surface area (Å²) in [5, 5.41) is 15.6. The molecule has 1 aromatic heterocycles. The summed E-state index contributed by atoms with van der Waals surface area (Å²) in [6, 6.07) is 4.61. The first-order chi connectivity index (χ1) is 9.02. The maximum Gasteiger partial charge on any atom is 0.343 e. The van der Waals surface area contributed by atoms with Gasteiger partial charge < -0.3 is 9.84 Å². The number of carboxylic acid groups (broad SMARTS) is 1. The lowest BCUT2D eigenvalue weighted by molar-refractivity contribution is 0.0693. The largest absolute Gasteiger partial charge is 0.497 e. The molecule has 0 radical (unpaired) electrons. The van der Waals surface area contributed by atoms with Gasteiger partial charge in [0.15, 0.2) is 5.16 Å². The van der Waals surface area contributed by atoms with Crippen LogP contribution in [-0.4, -0.2) is 33.0 Å². The van der Waals surface area contributed by atoms with Gasteiger partial charge in [-0.25, -0.2) is 14.7 Å². The highest BCUT2D eigenvalue weighted by Gasteiger charge is 2.15. The van der Waals surface area contributed by atoms with E-state index in [4.69, 9.17) is 9.84 Å². The molecule has 7 nitrogen and oxygen atoms in total. The van der Waals surface area contributed by atoms with Crippen molar-refractivity contribution in [1.82, 2.24) is 14.8 Å². The quantitative estimate of drug-likeness (QED) is 0.866. The van der Waals surface area contributed by atoms with Gasteiger partial charge in [-0.15, -0.1) is 5.10 Å². The van der Waals surface area contributed by atoms with Crippen molar-refractivity contribution in [2.75, 3.05) is 7.11 Å². The number of aromatic carboxylic acids is 1. The number of nitrogens with zero attached hydrogens (tertiary/aromatic N) is 2. The molecule has 2 aromatic rings. The van der Waals surface area contributed by atoms with Crippen LogP contribution in [0.25, 0.3) is 0 Å². The van der Waals surface area contributed by atoms with E-state index in [0.717, 1.165) is 11.8 Å². The van der Waals surface area contributed by atoms with Gasteiger partial charge in [0.2, 0.25) is 0 Å². The third-order valence-corrected chi connectivity index (χ3v) is 3.56. The fourth-order valence-electron chi connectivity index (χ4n) is 1.41. The first-order valence-corrected chi connectivity index (χ1v) is 6.05. The number of H-pyrrole nitrogens is 1. The van der Waals surface area contributed by atoms with Crippen LogP contribution in [0, 0.1) is 0 Å². The number of carbonyl (C=O) groups is 1. The van der Waals surface area contributed by atoms with Gasteiger partial charge in [0.25, 0.3) is 0 Å². The molecule has 0 bridgehead atoms. The van der Waals surface area contributed by atoms with Gasteiger partial charge in [-0.1, -0.05) is 0 Å². The van der Waals surface area contributed by atoms with Crippen LogP contribution >= 0.6 is 11.8 Å². The molecule has 8 heteroatoms.